The molecule has 1 aromatic rings. The van der Waals surface area contributed by atoms with E-state index >= 15 is 0 Å². The number of nitrogens with one attached hydrogen (secondary N) is 1. The second-order valence-electron chi connectivity index (χ2n) is 5.43. The minimum absolute atomic E-state index is 0.0601. The minimum atomic E-state index is -0.0601. The van der Waals surface area contributed by atoms with Gasteiger partial charge in [-0.3, -0.25) is 9.78 Å². The van der Waals surface area contributed by atoms with Crippen molar-refractivity contribution in [1.29, 1.82) is 0 Å². The third-order valence-electron chi connectivity index (χ3n) is 3.26. The lowest BCUT2D eigenvalue weighted by molar-refractivity contribution is -0.123. The van der Waals surface area contributed by atoms with Gasteiger partial charge in [0, 0.05) is 24.0 Å². The molecular formula is C15H22N2O2. The number of pyridine rings is 1. The van der Waals surface area contributed by atoms with Gasteiger partial charge in [-0.2, -0.15) is 0 Å². The molecule has 0 radical (unpaired) electrons. The van der Waals surface area contributed by atoms with Crippen LogP contribution in [0.25, 0.3) is 0 Å². The van der Waals surface area contributed by atoms with Crippen LogP contribution in [0.15, 0.2) is 12.3 Å². The first-order chi connectivity index (χ1) is 9.16. The Balaban J connectivity index is 1.91. The van der Waals surface area contributed by atoms with E-state index in [-0.39, 0.29) is 12.5 Å². The molecule has 2 rings (SSSR count). The quantitative estimate of drug-likeness (QED) is 0.884. The topological polar surface area (TPSA) is 51.2 Å². The summed E-state index contributed by atoms with van der Waals surface area (Å²) in [5.41, 5.74) is 2.32. The molecule has 104 valence electrons. The maximum absolute atomic E-state index is 11.6. The van der Waals surface area contributed by atoms with Gasteiger partial charge in [-0.05, 0) is 37.7 Å². The molecule has 4 nitrogen and oxygen atoms in total. The van der Waals surface area contributed by atoms with Crippen LogP contribution in [-0.2, 0) is 17.6 Å². The Labute approximate surface area is 114 Å². The van der Waals surface area contributed by atoms with Crippen molar-refractivity contribution in [2.75, 3.05) is 13.2 Å². The molecule has 4 heteroatoms. The van der Waals surface area contributed by atoms with Crippen LogP contribution < -0.4 is 10.1 Å². The highest BCUT2D eigenvalue weighted by atomic mass is 16.5. The van der Waals surface area contributed by atoms with Crippen molar-refractivity contribution in [1.82, 2.24) is 10.3 Å². The van der Waals surface area contributed by atoms with Crippen LogP contribution in [0.5, 0.6) is 5.75 Å². The summed E-state index contributed by atoms with van der Waals surface area (Å²) in [7, 11) is 0. The minimum Gasteiger partial charge on any atom is -0.483 e. The first-order valence-corrected chi connectivity index (χ1v) is 7.03. The number of hydrogen-bond acceptors (Lipinski definition) is 3. The molecule has 0 atom stereocenters. The molecule has 0 fully saturated rings. The molecule has 0 aromatic carbocycles. The summed E-state index contributed by atoms with van der Waals surface area (Å²) in [5.74, 6) is 1.22. The fourth-order valence-electron chi connectivity index (χ4n) is 2.24. The summed E-state index contributed by atoms with van der Waals surface area (Å²) in [6.45, 7) is 4.92. The maximum atomic E-state index is 11.6. The predicted octanol–water partition coefficient (Wildman–Crippen LogP) is 2.11. The van der Waals surface area contributed by atoms with E-state index in [1.165, 1.54) is 18.4 Å². The number of aromatic nitrogens is 1. The maximum Gasteiger partial charge on any atom is 0.257 e. The molecule has 19 heavy (non-hydrogen) atoms. The molecule has 1 N–H and O–H groups in total. The molecule has 0 unspecified atom stereocenters. The molecule has 1 aliphatic carbocycles. The van der Waals surface area contributed by atoms with Crippen molar-refractivity contribution in [2.45, 2.75) is 39.5 Å². The van der Waals surface area contributed by atoms with Gasteiger partial charge in [-0.15, -0.1) is 0 Å². The van der Waals surface area contributed by atoms with Gasteiger partial charge in [0.2, 0.25) is 0 Å². The molecule has 0 saturated carbocycles. The van der Waals surface area contributed by atoms with E-state index in [9.17, 15) is 4.79 Å². The van der Waals surface area contributed by atoms with Crippen LogP contribution in [0.1, 0.15) is 37.9 Å². The lowest BCUT2D eigenvalue weighted by atomic mass is 9.95. The highest BCUT2D eigenvalue weighted by Crippen LogP contribution is 2.27. The third kappa shape index (κ3) is 3.94. The van der Waals surface area contributed by atoms with Gasteiger partial charge in [-0.25, -0.2) is 0 Å². The zero-order valence-electron chi connectivity index (χ0n) is 11.7. The first kappa shape index (κ1) is 13.8. The van der Waals surface area contributed by atoms with Crippen molar-refractivity contribution in [3.8, 4) is 5.75 Å². The number of amides is 1. The zero-order chi connectivity index (χ0) is 13.7. The number of hydrogen-bond donors (Lipinski definition) is 1. The van der Waals surface area contributed by atoms with Crippen LogP contribution in [0.4, 0.5) is 0 Å². The average Bonchev–Trinajstić information content (AvgIpc) is 2.42. The summed E-state index contributed by atoms with van der Waals surface area (Å²) in [5, 5.41) is 2.85. The molecule has 1 heterocycles. The van der Waals surface area contributed by atoms with E-state index in [1.807, 2.05) is 6.07 Å². The Hall–Kier alpha value is -1.58. The monoisotopic (exact) mass is 262 g/mol. The lowest BCUT2D eigenvalue weighted by Gasteiger charge is -2.18. The molecule has 1 aliphatic rings. The number of nitrogens with zero attached hydrogens (tertiary/aromatic N) is 1. The van der Waals surface area contributed by atoms with Crippen molar-refractivity contribution >= 4 is 5.91 Å². The van der Waals surface area contributed by atoms with Gasteiger partial charge in [0.15, 0.2) is 6.61 Å². The second-order valence-corrected chi connectivity index (χ2v) is 5.43. The third-order valence-corrected chi connectivity index (χ3v) is 3.26. The zero-order valence-corrected chi connectivity index (χ0v) is 11.7. The Morgan fingerprint density at radius 3 is 3.00 bits per heavy atom. The molecule has 1 amide bonds. The average molecular weight is 262 g/mol. The van der Waals surface area contributed by atoms with E-state index < -0.39 is 0 Å². The molecule has 1 aromatic heterocycles. The van der Waals surface area contributed by atoms with Crippen LogP contribution in [0.3, 0.4) is 0 Å². The number of ether oxygens (including phenoxy) is 1. The molecule has 0 aliphatic heterocycles. The normalized spacial score (nSPS) is 14.1. The smallest absolute Gasteiger partial charge is 0.257 e. The Bertz CT molecular complexity index is 444. The summed E-state index contributed by atoms with van der Waals surface area (Å²) in [4.78, 5) is 16.0. The largest absolute Gasteiger partial charge is 0.483 e. The summed E-state index contributed by atoms with van der Waals surface area (Å²) in [6, 6.07) is 1.86. The van der Waals surface area contributed by atoms with Crippen molar-refractivity contribution in [3.05, 3.63) is 23.5 Å². The summed E-state index contributed by atoms with van der Waals surface area (Å²) < 4.78 is 5.65. The molecule has 0 saturated heterocycles. The van der Waals surface area contributed by atoms with Crippen LogP contribution in [0.2, 0.25) is 0 Å². The van der Waals surface area contributed by atoms with E-state index in [0.717, 1.165) is 24.3 Å². The van der Waals surface area contributed by atoms with E-state index in [1.54, 1.807) is 6.20 Å². The highest BCUT2D eigenvalue weighted by molar-refractivity contribution is 5.77. The molecular weight excluding hydrogens is 240 g/mol. The number of aryl methyl sites for hydroxylation is 1. The van der Waals surface area contributed by atoms with Gasteiger partial charge in [0.05, 0.1) is 0 Å². The van der Waals surface area contributed by atoms with E-state index in [0.29, 0.717) is 12.5 Å². The predicted molar refractivity (Wildman–Crippen MR) is 74.2 cm³/mol. The SMILES string of the molecule is CC(C)CNC(=O)COc1ccnc2c1CCCC2. The van der Waals surface area contributed by atoms with Crippen LogP contribution in [0, 0.1) is 5.92 Å². The molecule has 0 spiro atoms. The molecule has 0 bridgehead atoms. The van der Waals surface area contributed by atoms with Gasteiger partial charge < -0.3 is 10.1 Å². The Morgan fingerprint density at radius 1 is 1.42 bits per heavy atom. The van der Waals surface area contributed by atoms with E-state index in [2.05, 4.69) is 24.1 Å². The van der Waals surface area contributed by atoms with Crippen molar-refractivity contribution in [3.63, 3.8) is 0 Å². The number of rotatable bonds is 5. The van der Waals surface area contributed by atoms with Gasteiger partial charge in [-0.1, -0.05) is 13.8 Å². The Morgan fingerprint density at radius 2 is 2.21 bits per heavy atom. The van der Waals surface area contributed by atoms with E-state index in [4.69, 9.17) is 4.74 Å². The van der Waals surface area contributed by atoms with Crippen molar-refractivity contribution in [2.24, 2.45) is 5.92 Å². The fourth-order valence-corrected chi connectivity index (χ4v) is 2.24. The van der Waals surface area contributed by atoms with Gasteiger partial charge >= 0.3 is 0 Å². The van der Waals surface area contributed by atoms with Crippen LogP contribution >= 0.6 is 0 Å². The van der Waals surface area contributed by atoms with Crippen molar-refractivity contribution < 1.29 is 9.53 Å². The fraction of sp³-hybridized carbons (Fsp3) is 0.600. The Kier molecular flexibility index (Phi) is 4.77. The first-order valence-electron chi connectivity index (χ1n) is 7.03. The summed E-state index contributed by atoms with van der Waals surface area (Å²) >= 11 is 0. The number of carbonyl (C=O) groups is 1. The number of carbonyl (C=O) groups excluding carboxylic acids is 1. The second kappa shape index (κ2) is 6.55. The summed E-state index contributed by atoms with van der Waals surface area (Å²) in [6.07, 6.45) is 6.16. The standard InChI is InChI=1S/C15H22N2O2/c1-11(2)9-17-15(18)10-19-14-7-8-16-13-6-4-3-5-12(13)14/h7-8,11H,3-6,9-10H2,1-2H3,(H,17,18). The lowest BCUT2D eigenvalue weighted by Crippen LogP contribution is -2.32. The van der Waals surface area contributed by atoms with Crippen LogP contribution in [-0.4, -0.2) is 24.0 Å². The number of fused-ring (bicyclic) bond motifs is 1. The van der Waals surface area contributed by atoms with Gasteiger partial charge in [0.25, 0.3) is 5.91 Å². The van der Waals surface area contributed by atoms with Gasteiger partial charge in [0.1, 0.15) is 5.75 Å². The highest BCUT2D eigenvalue weighted by Gasteiger charge is 2.15.